The van der Waals surface area contributed by atoms with Crippen LogP contribution in [0.4, 0.5) is 9.59 Å². The number of amides is 4. The zero-order valence-electron chi connectivity index (χ0n) is 33.5. The van der Waals surface area contributed by atoms with Gasteiger partial charge < -0.3 is 40.2 Å². The third-order valence-corrected chi connectivity index (χ3v) is 11.5. The minimum absolute atomic E-state index is 0.112. The van der Waals surface area contributed by atoms with Crippen LogP contribution in [-0.2, 0) is 27.4 Å². The molecule has 0 radical (unpaired) electrons. The summed E-state index contributed by atoms with van der Waals surface area (Å²) in [5.41, 5.74) is 8.43. The largest absolute Gasteiger partial charge is 0.465 e. The highest BCUT2D eigenvalue weighted by molar-refractivity contribution is 5.87. The Morgan fingerprint density at radius 2 is 1.21 bits per heavy atom. The smallest absolute Gasteiger partial charge is 0.407 e. The van der Waals surface area contributed by atoms with E-state index in [1.54, 1.807) is 4.90 Å². The van der Waals surface area contributed by atoms with Crippen molar-refractivity contribution in [1.29, 1.82) is 0 Å². The normalized spacial score (nSPS) is 19.2. The fraction of sp³-hybridized carbons (Fsp3) is 0.476. The number of hydrogen-bond donors (Lipinski definition) is 5. The number of carbonyl (C=O) groups excluding carboxylic acids is 3. The first-order valence-corrected chi connectivity index (χ1v) is 19.8. The lowest BCUT2D eigenvalue weighted by molar-refractivity contribution is -0.136. The molecule has 4 aromatic rings. The molecule has 4 atom stereocenters. The second-order valence-electron chi connectivity index (χ2n) is 16.2. The van der Waals surface area contributed by atoms with Crippen molar-refractivity contribution in [1.82, 2.24) is 45.3 Å². The van der Waals surface area contributed by atoms with Crippen LogP contribution in [0.15, 0.2) is 48.8 Å². The van der Waals surface area contributed by atoms with Crippen molar-refractivity contribution in [2.24, 2.45) is 11.8 Å². The van der Waals surface area contributed by atoms with Crippen molar-refractivity contribution in [3.05, 3.63) is 71.6 Å². The third-order valence-electron chi connectivity index (χ3n) is 11.5. The molecule has 2 saturated heterocycles. The molecule has 7 rings (SSSR count). The van der Waals surface area contributed by atoms with E-state index < -0.39 is 24.3 Å². The zero-order valence-corrected chi connectivity index (χ0v) is 33.5. The molecule has 2 aromatic heterocycles. The molecule has 3 aliphatic rings. The molecule has 2 fully saturated rings. The summed E-state index contributed by atoms with van der Waals surface area (Å²) >= 11 is 0. The number of aromatic nitrogens is 4. The maximum absolute atomic E-state index is 13.7. The highest BCUT2D eigenvalue weighted by Gasteiger charge is 2.39. The van der Waals surface area contributed by atoms with Crippen molar-refractivity contribution >= 4 is 24.0 Å². The van der Waals surface area contributed by atoms with Crippen LogP contribution in [0.25, 0.3) is 33.6 Å². The molecule has 0 spiro atoms. The van der Waals surface area contributed by atoms with Gasteiger partial charge in [-0.3, -0.25) is 14.5 Å². The van der Waals surface area contributed by atoms with Crippen molar-refractivity contribution in [2.45, 2.75) is 90.6 Å². The van der Waals surface area contributed by atoms with Gasteiger partial charge in [-0.15, -0.1) is 0 Å². The Bertz CT molecular complexity index is 2140. The highest BCUT2D eigenvalue weighted by Crippen LogP contribution is 2.39. The van der Waals surface area contributed by atoms with Crippen molar-refractivity contribution < 1.29 is 29.0 Å². The lowest BCUT2D eigenvalue weighted by atomic mass is 9.93. The van der Waals surface area contributed by atoms with E-state index in [1.165, 1.54) is 18.2 Å². The number of H-pyrrole nitrogens is 2. The first-order valence-electron chi connectivity index (χ1n) is 19.8. The molecule has 2 aromatic carbocycles. The molecular formula is C42H53N9O6. The van der Waals surface area contributed by atoms with Gasteiger partial charge in [0.05, 0.1) is 43.0 Å². The second-order valence-corrected chi connectivity index (χ2v) is 16.2. The predicted molar refractivity (Wildman–Crippen MR) is 214 cm³/mol. The van der Waals surface area contributed by atoms with Crippen LogP contribution in [0.3, 0.4) is 0 Å². The number of imidazole rings is 2. The van der Waals surface area contributed by atoms with Crippen molar-refractivity contribution in [2.75, 3.05) is 27.2 Å². The SMILES string of the molecule is COC(=O)N[C@H](C(=O)N1CCCC1c1ncc(-c2ccc3c(c2)CN(C)Cc2cc(-c4cnc([C@@H]5CCCN5C(=O)[C@@H](NC(=O)O)C(C)C)[nH]4)ccc2-3)[nH]1)C(C)C. The molecule has 5 N–H and O–H groups in total. The number of nitrogens with zero attached hydrogens (tertiary/aromatic N) is 5. The molecule has 0 aliphatic carbocycles. The molecule has 3 aliphatic heterocycles. The van der Waals surface area contributed by atoms with E-state index >= 15 is 0 Å². The van der Waals surface area contributed by atoms with Crippen LogP contribution in [0.2, 0.25) is 0 Å². The molecule has 57 heavy (non-hydrogen) atoms. The monoisotopic (exact) mass is 779 g/mol. The minimum Gasteiger partial charge on any atom is -0.465 e. The summed E-state index contributed by atoms with van der Waals surface area (Å²) in [6.45, 7) is 10.1. The number of carbonyl (C=O) groups is 4. The van der Waals surface area contributed by atoms with Gasteiger partial charge in [0, 0.05) is 26.2 Å². The fourth-order valence-corrected chi connectivity index (χ4v) is 8.59. The highest BCUT2D eigenvalue weighted by atomic mass is 16.5. The molecule has 5 heterocycles. The van der Waals surface area contributed by atoms with Crippen molar-refractivity contribution in [3.8, 4) is 33.6 Å². The Hall–Kier alpha value is -5.70. The number of rotatable bonds is 10. The molecular weight excluding hydrogens is 727 g/mol. The van der Waals surface area contributed by atoms with E-state index in [9.17, 15) is 24.3 Å². The maximum Gasteiger partial charge on any atom is 0.407 e. The summed E-state index contributed by atoms with van der Waals surface area (Å²) in [5, 5.41) is 14.5. The molecule has 15 nitrogen and oxygen atoms in total. The van der Waals surface area contributed by atoms with E-state index in [0.717, 1.165) is 78.2 Å². The third kappa shape index (κ3) is 8.11. The number of benzene rings is 2. The van der Waals surface area contributed by atoms with Gasteiger partial charge in [-0.25, -0.2) is 19.6 Å². The van der Waals surface area contributed by atoms with Gasteiger partial charge in [0.2, 0.25) is 11.8 Å². The predicted octanol–water partition coefficient (Wildman–Crippen LogP) is 6.08. The number of likely N-dealkylation sites (tertiary alicyclic amines) is 2. The van der Waals surface area contributed by atoms with Crippen LogP contribution in [0.5, 0.6) is 0 Å². The molecule has 0 bridgehead atoms. The van der Waals surface area contributed by atoms with Gasteiger partial charge in [-0.2, -0.15) is 0 Å². The van der Waals surface area contributed by atoms with Crippen LogP contribution in [-0.4, -0.2) is 103 Å². The summed E-state index contributed by atoms with van der Waals surface area (Å²) in [5.74, 6) is 0.754. The minimum atomic E-state index is -1.21. The number of alkyl carbamates (subject to hydrolysis) is 1. The molecule has 0 saturated carbocycles. The lowest BCUT2D eigenvalue weighted by Gasteiger charge is -2.30. The quantitative estimate of drug-likeness (QED) is 0.127. The van der Waals surface area contributed by atoms with Crippen LogP contribution in [0, 0.1) is 11.8 Å². The summed E-state index contributed by atoms with van der Waals surface area (Å²) in [4.78, 5) is 72.9. The van der Waals surface area contributed by atoms with Gasteiger partial charge in [0.25, 0.3) is 0 Å². The van der Waals surface area contributed by atoms with Crippen molar-refractivity contribution in [3.63, 3.8) is 0 Å². The average Bonchev–Trinajstić information content (AvgIpc) is 4.01. The lowest BCUT2D eigenvalue weighted by Crippen LogP contribution is -2.51. The first-order chi connectivity index (χ1) is 27.3. The fourth-order valence-electron chi connectivity index (χ4n) is 8.59. The van der Waals surface area contributed by atoms with Gasteiger partial charge in [-0.05, 0) is 90.1 Å². The van der Waals surface area contributed by atoms with Crippen LogP contribution >= 0.6 is 0 Å². The first kappa shape index (κ1) is 39.5. The summed E-state index contributed by atoms with van der Waals surface area (Å²) in [6, 6.07) is 11.0. The number of carboxylic acid groups (broad SMARTS) is 1. The van der Waals surface area contributed by atoms with E-state index in [2.05, 4.69) is 68.9 Å². The molecule has 15 heteroatoms. The maximum atomic E-state index is 13.7. The van der Waals surface area contributed by atoms with Gasteiger partial charge in [0.1, 0.15) is 23.7 Å². The van der Waals surface area contributed by atoms with Gasteiger partial charge >= 0.3 is 12.2 Å². The summed E-state index contributed by atoms with van der Waals surface area (Å²) < 4.78 is 4.78. The number of nitrogens with one attached hydrogen (secondary N) is 4. The van der Waals surface area contributed by atoms with E-state index in [4.69, 9.17) is 14.7 Å². The number of fused-ring (bicyclic) bond motifs is 3. The summed E-state index contributed by atoms with van der Waals surface area (Å²) in [6.07, 6.45) is 4.99. The van der Waals surface area contributed by atoms with E-state index in [-0.39, 0.29) is 35.7 Å². The number of hydrogen-bond acceptors (Lipinski definition) is 8. The Morgan fingerprint density at radius 3 is 1.63 bits per heavy atom. The molecule has 302 valence electrons. The Labute approximate surface area is 332 Å². The standard InChI is InChI=1S/C42H53N9O6/c1-23(2)35(47-41(54)55)39(52)50-15-7-9-33(50)37-43-19-31(45-37)25-11-13-29-27(17-25)21-49(5)22-28-18-26(12-14-30(28)29)32-20-44-38(46-32)34-10-8-16-51(34)40(53)36(24(3)4)48-42(56)57-6/h11-14,17-20,23-24,33-36,47H,7-10,15-16,21-22H2,1-6H3,(H,43,45)(H,44,46)(H,48,56)(H,54,55)/t33-,34?,35-,36-/m0/s1. The van der Waals surface area contributed by atoms with Gasteiger partial charge in [-0.1, -0.05) is 52.0 Å². The van der Waals surface area contributed by atoms with Crippen LogP contribution < -0.4 is 10.6 Å². The van der Waals surface area contributed by atoms with Gasteiger partial charge in [0.15, 0.2) is 0 Å². The molecule has 1 unspecified atom stereocenters. The number of ether oxygens (including phenoxy) is 1. The van der Waals surface area contributed by atoms with E-state index in [0.29, 0.717) is 18.9 Å². The number of methoxy groups -OCH3 is 1. The Kier molecular flexibility index (Phi) is 11.4. The van der Waals surface area contributed by atoms with Crippen LogP contribution in [0.1, 0.15) is 88.2 Å². The Morgan fingerprint density at radius 1 is 0.754 bits per heavy atom. The Balaban J connectivity index is 1.10. The summed E-state index contributed by atoms with van der Waals surface area (Å²) in [7, 11) is 3.40. The molecule has 4 amide bonds. The topological polar surface area (TPSA) is 189 Å². The average molecular weight is 780 g/mol. The second kappa shape index (κ2) is 16.4. The zero-order chi connectivity index (χ0) is 40.5. The number of aromatic amines is 2. The van der Waals surface area contributed by atoms with E-state index in [1.807, 2.05) is 45.0 Å².